The summed E-state index contributed by atoms with van der Waals surface area (Å²) in [4.78, 5) is 11.3. The first kappa shape index (κ1) is 15.5. The number of rotatable bonds is 4. The molecule has 0 spiro atoms. The zero-order valence-electron chi connectivity index (χ0n) is 12.4. The zero-order chi connectivity index (χ0) is 14.1. The van der Waals surface area contributed by atoms with Crippen molar-refractivity contribution in [3.63, 3.8) is 0 Å². The summed E-state index contributed by atoms with van der Waals surface area (Å²) in [5.41, 5.74) is 5.90. The van der Waals surface area contributed by atoms with Gasteiger partial charge in [-0.3, -0.25) is 4.79 Å². The second kappa shape index (κ2) is 5.60. The van der Waals surface area contributed by atoms with Gasteiger partial charge in [-0.1, -0.05) is 34.6 Å². The van der Waals surface area contributed by atoms with Gasteiger partial charge in [0.2, 0.25) is 0 Å². The van der Waals surface area contributed by atoms with Gasteiger partial charge in [0.25, 0.3) is 0 Å². The molecule has 0 aromatic heterocycles. The standard InChI is InChI=1S/C15H29NO2/c1-9(2)11-6-10(12(8-16)14(17)18)7-13(11)15(3,4)5/h9-13H,6-8,16H2,1-5H3,(H,17,18). The molecule has 0 radical (unpaired) electrons. The largest absolute Gasteiger partial charge is 0.481 e. The maximum absolute atomic E-state index is 11.3. The number of nitrogens with two attached hydrogens (primary N) is 1. The minimum atomic E-state index is -0.723. The second-order valence-electron chi connectivity index (χ2n) is 7.29. The lowest BCUT2D eigenvalue weighted by Gasteiger charge is -2.34. The van der Waals surface area contributed by atoms with Gasteiger partial charge < -0.3 is 10.8 Å². The summed E-state index contributed by atoms with van der Waals surface area (Å²) in [6.07, 6.45) is 2.04. The fraction of sp³-hybridized carbons (Fsp3) is 0.933. The Labute approximate surface area is 111 Å². The molecule has 1 saturated carbocycles. The van der Waals surface area contributed by atoms with Crippen molar-refractivity contribution in [3.8, 4) is 0 Å². The van der Waals surface area contributed by atoms with Crippen LogP contribution in [-0.2, 0) is 4.79 Å². The molecule has 1 rings (SSSR count). The van der Waals surface area contributed by atoms with Crippen LogP contribution in [0.3, 0.4) is 0 Å². The lowest BCUT2D eigenvalue weighted by Crippen LogP contribution is -2.30. The maximum atomic E-state index is 11.3. The van der Waals surface area contributed by atoms with Gasteiger partial charge in [0, 0.05) is 6.54 Å². The van der Waals surface area contributed by atoms with Gasteiger partial charge in [0.15, 0.2) is 0 Å². The van der Waals surface area contributed by atoms with E-state index >= 15 is 0 Å². The van der Waals surface area contributed by atoms with Gasteiger partial charge >= 0.3 is 5.97 Å². The number of hydrogen-bond donors (Lipinski definition) is 2. The number of hydrogen-bond acceptors (Lipinski definition) is 2. The van der Waals surface area contributed by atoms with Crippen molar-refractivity contribution in [2.45, 2.75) is 47.5 Å². The molecule has 0 bridgehead atoms. The predicted octanol–water partition coefficient (Wildman–Crippen LogP) is 2.99. The Morgan fingerprint density at radius 2 is 1.89 bits per heavy atom. The third kappa shape index (κ3) is 3.25. The molecule has 3 heteroatoms. The van der Waals surface area contributed by atoms with E-state index in [1.165, 1.54) is 0 Å². The minimum absolute atomic E-state index is 0.251. The fourth-order valence-corrected chi connectivity index (χ4v) is 3.67. The summed E-state index contributed by atoms with van der Waals surface area (Å²) in [5, 5.41) is 9.27. The highest BCUT2D eigenvalue weighted by Gasteiger charge is 2.45. The van der Waals surface area contributed by atoms with Gasteiger partial charge in [-0.15, -0.1) is 0 Å². The van der Waals surface area contributed by atoms with Gasteiger partial charge in [0.1, 0.15) is 0 Å². The first-order chi connectivity index (χ1) is 8.18. The Balaban J connectivity index is 2.87. The molecule has 0 saturated heterocycles. The van der Waals surface area contributed by atoms with E-state index in [0.29, 0.717) is 17.8 Å². The molecule has 0 heterocycles. The Bertz CT molecular complexity index is 293. The Morgan fingerprint density at radius 1 is 1.33 bits per heavy atom. The van der Waals surface area contributed by atoms with Crippen LogP contribution in [0, 0.1) is 35.0 Å². The lowest BCUT2D eigenvalue weighted by atomic mass is 9.71. The van der Waals surface area contributed by atoms with Gasteiger partial charge in [-0.25, -0.2) is 0 Å². The molecule has 0 aliphatic heterocycles. The molecular formula is C15H29NO2. The molecule has 3 N–H and O–H groups in total. The number of carbonyl (C=O) groups is 1. The van der Waals surface area contributed by atoms with Crippen molar-refractivity contribution in [1.29, 1.82) is 0 Å². The minimum Gasteiger partial charge on any atom is -0.481 e. The first-order valence-electron chi connectivity index (χ1n) is 7.11. The molecular weight excluding hydrogens is 226 g/mol. The zero-order valence-corrected chi connectivity index (χ0v) is 12.4. The normalized spacial score (nSPS) is 30.7. The Kier molecular flexibility index (Phi) is 4.82. The van der Waals surface area contributed by atoms with Crippen LogP contribution in [-0.4, -0.2) is 17.6 Å². The second-order valence-corrected chi connectivity index (χ2v) is 7.29. The van der Waals surface area contributed by atoms with E-state index in [1.54, 1.807) is 0 Å². The van der Waals surface area contributed by atoms with Crippen molar-refractivity contribution < 1.29 is 9.90 Å². The van der Waals surface area contributed by atoms with Gasteiger partial charge in [-0.05, 0) is 41.9 Å². The van der Waals surface area contributed by atoms with Crippen molar-refractivity contribution in [3.05, 3.63) is 0 Å². The van der Waals surface area contributed by atoms with Crippen LogP contribution in [0.15, 0.2) is 0 Å². The average molecular weight is 255 g/mol. The smallest absolute Gasteiger partial charge is 0.308 e. The molecule has 1 fully saturated rings. The Morgan fingerprint density at radius 3 is 2.17 bits per heavy atom. The Hall–Kier alpha value is -0.570. The van der Waals surface area contributed by atoms with E-state index < -0.39 is 5.97 Å². The molecule has 106 valence electrons. The monoisotopic (exact) mass is 255 g/mol. The molecule has 0 aromatic carbocycles. The summed E-state index contributed by atoms with van der Waals surface area (Å²) in [6, 6.07) is 0. The summed E-state index contributed by atoms with van der Waals surface area (Å²) < 4.78 is 0. The fourth-order valence-electron chi connectivity index (χ4n) is 3.67. The third-order valence-electron chi connectivity index (χ3n) is 4.76. The molecule has 18 heavy (non-hydrogen) atoms. The van der Waals surface area contributed by atoms with E-state index in [1.807, 2.05) is 0 Å². The summed E-state index contributed by atoms with van der Waals surface area (Å²) in [6.45, 7) is 11.6. The molecule has 3 nitrogen and oxygen atoms in total. The van der Waals surface area contributed by atoms with E-state index in [2.05, 4.69) is 34.6 Å². The third-order valence-corrected chi connectivity index (χ3v) is 4.76. The van der Waals surface area contributed by atoms with Crippen LogP contribution in [0.5, 0.6) is 0 Å². The van der Waals surface area contributed by atoms with E-state index in [0.717, 1.165) is 12.8 Å². The van der Waals surface area contributed by atoms with Crippen LogP contribution >= 0.6 is 0 Å². The van der Waals surface area contributed by atoms with Crippen molar-refractivity contribution in [2.24, 2.45) is 40.7 Å². The van der Waals surface area contributed by atoms with Crippen LogP contribution in [0.2, 0.25) is 0 Å². The lowest BCUT2D eigenvalue weighted by molar-refractivity contribution is -0.143. The van der Waals surface area contributed by atoms with Gasteiger partial charge in [-0.2, -0.15) is 0 Å². The highest BCUT2D eigenvalue weighted by molar-refractivity contribution is 5.70. The summed E-state index contributed by atoms with van der Waals surface area (Å²) >= 11 is 0. The quantitative estimate of drug-likeness (QED) is 0.811. The van der Waals surface area contributed by atoms with Crippen molar-refractivity contribution in [2.75, 3.05) is 6.54 Å². The van der Waals surface area contributed by atoms with E-state index in [-0.39, 0.29) is 23.8 Å². The summed E-state index contributed by atoms with van der Waals surface area (Å²) in [7, 11) is 0. The molecule has 1 aliphatic rings. The van der Waals surface area contributed by atoms with E-state index in [4.69, 9.17) is 5.73 Å². The summed E-state index contributed by atoms with van der Waals surface area (Å²) in [5.74, 6) is 1.02. The van der Waals surface area contributed by atoms with Crippen LogP contribution in [0.25, 0.3) is 0 Å². The molecule has 4 unspecified atom stereocenters. The van der Waals surface area contributed by atoms with E-state index in [9.17, 15) is 9.90 Å². The average Bonchev–Trinajstić information content (AvgIpc) is 2.62. The van der Waals surface area contributed by atoms with Gasteiger partial charge in [0.05, 0.1) is 5.92 Å². The molecule has 0 aromatic rings. The number of carboxylic acid groups (broad SMARTS) is 1. The number of aliphatic carboxylic acids is 1. The topological polar surface area (TPSA) is 63.3 Å². The van der Waals surface area contributed by atoms with Crippen LogP contribution < -0.4 is 5.73 Å². The first-order valence-corrected chi connectivity index (χ1v) is 7.11. The van der Waals surface area contributed by atoms with Crippen LogP contribution in [0.4, 0.5) is 0 Å². The van der Waals surface area contributed by atoms with Crippen LogP contribution in [0.1, 0.15) is 47.5 Å². The predicted molar refractivity (Wildman–Crippen MR) is 74.2 cm³/mol. The highest BCUT2D eigenvalue weighted by Crippen LogP contribution is 2.50. The number of carboxylic acids is 1. The maximum Gasteiger partial charge on any atom is 0.308 e. The SMILES string of the molecule is CC(C)C1CC(C(CN)C(=O)O)CC1C(C)(C)C. The molecule has 0 amide bonds. The molecule has 1 aliphatic carbocycles. The molecule has 4 atom stereocenters. The highest BCUT2D eigenvalue weighted by atomic mass is 16.4. The van der Waals surface area contributed by atoms with Crippen molar-refractivity contribution in [1.82, 2.24) is 0 Å². The van der Waals surface area contributed by atoms with Crippen molar-refractivity contribution >= 4 is 5.97 Å².